The van der Waals surface area contributed by atoms with Crippen LogP contribution in [0.3, 0.4) is 0 Å². The number of nitrogens with two attached hydrogens (primary N) is 1. The maximum Gasteiger partial charge on any atom is 0.133 e. The Labute approximate surface area is 118 Å². The number of ether oxygens (including phenoxy) is 1. The molecule has 2 aromatic rings. The third-order valence-corrected chi connectivity index (χ3v) is 3.22. The molecule has 0 spiro atoms. The first kappa shape index (κ1) is 14.0. The van der Waals surface area contributed by atoms with Crippen LogP contribution < -0.4 is 10.5 Å². The molecule has 0 aliphatic heterocycles. The van der Waals surface area contributed by atoms with Gasteiger partial charge in [0.25, 0.3) is 0 Å². The van der Waals surface area contributed by atoms with Gasteiger partial charge in [0, 0.05) is 28.7 Å². The van der Waals surface area contributed by atoms with Crippen LogP contribution >= 0.6 is 15.9 Å². The Morgan fingerprint density at radius 3 is 2.21 bits per heavy atom. The summed E-state index contributed by atoms with van der Waals surface area (Å²) in [5.41, 5.74) is 6.72. The SMILES string of the molecule is C[C@@H](N)c1ccc(Oc2cc(F)cc(F)c2)cc1Br. The van der Waals surface area contributed by atoms with Crippen molar-refractivity contribution < 1.29 is 13.5 Å². The molecule has 0 fully saturated rings. The molecule has 2 rings (SSSR count). The van der Waals surface area contributed by atoms with E-state index >= 15 is 0 Å². The molecule has 1 atom stereocenters. The summed E-state index contributed by atoms with van der Waals surface area (Å²) in [5.74, 6) is -0.776. The highest BCUT2D eigenvalue weighted by atomic mass is 79.9. The smallest absolute Gasteiger partial charge is 0.133 e. The first-order valence-electron chi connectivity index (χ1n) is 5.64. The normalized spacial score (nSPS) is 12.3. The van der Waals surface area contributed by atoms with E-state index in [9.17, 15) is 8.78 Å². The summed E-state index contributed by atoms with van der Waals surface area (Å²) >= 11 is 3.38. The molecule has 0 amide bonds. The highest BCUT2D eigenvalue weighted by Crippen LogP contribution is 2.30. The molecule has 2 aromatic carbocycles. The Morgan fingerprint density at radius 1 is 1.05 bits per heavy atom. The van der Waals surface area contributed by atoms with Gasteiger partial charge in [-0.25, -0.2) is 8.78 Å². The van der Waals surface area contributed by atoms with Gasteiger partial charge in [0.15, 0.2) is 0 Å². The number of benzene rings is 2. The van der Waals surface area contributed by atoms with Crippen molar-refractivity contribution in [2.45, 2.75) is 13.0 Å². The highest BCUT2D eigenvalue weighted by Gasteiger charge is 2.08. The number of rotatable bonds is 3. The van der Waals surface area contributed by atoms with E-state index in [2.05, 4.69) is 15.9 Å². The van der Waals surface area contributed by atoms with Gasteiger partial charge in [0.2, 0.25) is 0 Å². The third-order valence-electron chi connectivity index (χ3n) is 2.53. The molecule has 0 heterocycles. The van der Waals surface area contributed by atoms with Crippen molar-refractivity contribution in [1.29, 1.82) is 0 Å². The largest absolute Gasteiger partial charge is 0.457 e. The van der Waals surface area contributed by atoms with Gasteiger partial charge in [-0.15, -0.1) is 0 Å². The maximum absolute atomic E-state index is 13.0. The zero-order chi connectivity index (χ0) is 14.0. The van der Waals surface area contributed by atoms with Crippen LogP contribution in [0.2, 0.25) is 0 Å². The van der Waals surface area contributed by atoms with Crippen LogP contribution in [0.5, 0.6) is 11.5 Å². The van der Waals surface area contributed by atoms with E-state index in [1.165, 1.54) is 0 Å². The summed E-state index contributed by atoms with van der Waals surface area (Å²) in [7, 11) is 0. The monoisotopic (exact) mass is 327 g/mol. The second-order valence-corrected chi connectivity index (χ2v) is 5.03. The van der Waals surface area contributed by atoms with E-state index in [4.69, 9.17) is 10.5 Å². The highest BCUT2D eigenvalue weighted by molar-refractivity contribution is 9.10. The van der Waals surface area contributed by atoms with Crippen molar-refractivity contribution in [2.75, 3.05) is 0 Å². The summed E-state index contributed by atoms with van der Waals surface area (Å²) in [6.07, 6.45) is 0. The molecule has 0 aromatic heterocycles. The molecule has 0 saturated heterocycles. The molecular weight excluding hydrogens is 316 g/mol. The Balaban J connectivity index is 2.26. The Kier molecular flexibility index (Phi) is 4.17. The van der Waals surface area contributed by atoms with Gasteiger partial charge in [0.1, 0.15) is 23.1 Å². The van der Waals surface area contributed by atoms with Crippen molar-refractivity contribution in [1.82, 2.24) is 0 Å². The minimum atomic E-state index is -0.679. The molecule has 0 aliphatic carbocycles. The second kappa shape index (κ2) is 5.67. The lowest BCUT2D eigenvalue weighted by Crippen LogP contribution is -2.05. The average Bonchev–Trinajstić information content (AvgIpc) is 2.26. The summed E-state index contributed by atoms with van der Waals surface area (Å²) in [6.45, 7) is 1.86. The van der Waals surface area contributed by atoms with Crippen molar-refractivity contribution in [3.05, 3.63) is 58.1 Å². The molecule has 0 bridgehead atoms. The lowest BCUT2D eigenvalue weighted by atomic mass is 10.1. The van der Waals surface area contributed by atoms with E-state index in [1.807, 2.05) is 6.92 Å². The van der Waals surface area contributed by atoms with E-state index in [0.717, 1.165) is 28.2 Å². The van der Waals surface area contributed by atoms with E-state index in [0.29, 0.717) is 5.75 Å². The van der Waals surface area contributed by atoms with Crippen molar-refractivity contribution in [3.8, 4) is 11.5 Å². The summed E-state index contributed by atoms with van der Waals surface area (Å²) in [5, 5.41) is 0. The van der Waals surface area contributed by atoms with Crippen molar-refractivity contribution >= 4 is 15.9 Å². The third kappa shape index (κ3) is 3.52. The first-order chi connectivity index (χ1) is 8.95. The maximum atomic E-state index is 13.0. The Bertz CT molecular complexity index is 582. The van der Waals surface area contributed by atoms with Crippen molar-refractivity contribution in [2.24, 2.45) is 5.73 Å². The number of halogens is 3. The molecule has 0 unspecified atom stereocenters. The molecule has 0 radical (unpaired) electrons. The zero-order valence-corrected chi connectivity index (χ0v) is 11.7. The van der Waals surface area contributed by atoms with E-state index in [1.54, 1.807) is 18.2 Å². The van der Waals surface area contributed by atoms with Crippen LogP contribution in [-0.2, 0) is 0 Å². The van der Waals surface area contributed by atoms with Crippen LogP contribution in [0, 0.1) is 11.6 Å². The van der Waals surface area contributed by atoms with Gasteiger partial charge in [0.05, 0.1) is 0 Å². The van der Waals surface area contributed by atoms with Gasteiger partial charge in [-0.2, -0.15) is 0 Å². The topological polar surface area (TPSA) is 35.2 Å². The molecule has 2 N–H and O–H groups in total. The minimum Gasteiger partial charge on any atom is -0.457 e. The molecule has 0 saturated carbocycles. The number of hydrogen-bond donors (Lipinski definition) is 1. The van der Waals surface area contributed by atoms with Gasteiger partial charge in [-0.1, -0.05) is 22.0 Å². The predicted octanol–water partition coefficient (Wildman–Crippen LogP) is 4.54. The van der Waals surface area contributed by atoms with Crippen LogP contribution in [0.15, 0.2) is 40.9 Å². The molecule has 19 heavy (non-hydrogen) atoms. The Hall–Kier alpha value is -1.46. The van der Waals surface area contributed by atoms with Gasteiger partial charge in [-0.3, -0.25) is 0 Å². The molecule has 0 aliphatic rings. The Morgan fingerprint density at radius 2 is 1.68 bits per heavy atom. The standard InChI is InChI=1S/C14H12BrF2NO/c1-8(18)13-3-2-11(7-14(13)15)19-12-5-9(16)4-10(17)6-12/h2-8H,18H2,1H3/t8-/m1/s1. The van der Waals surface area contributed by atoms with E-state index in [-0.39, 0.29) is 11.8 Å². The molecule has 5 heteroatoms. The van der Waals surface area contributed by atoms with Crippen molar-refractivity contribution in [3.63, 3.8) is 0 Å². The first-order valence-corrected chi connectivity index (χ1v) is 6.44. The fraction of sp³-hybridized carbons (Fsp3) is 0.143. The van der Waals surface area contributed by atoms with Crippen LogP contribution in [0.1, 0.15) is 18.5 Å². The van der Waals surface area contributed by atoms with Gasteiger partial charge in [-0.05, 0) is 24.6 Å². The van der Waals surface area contributed by atoms with Crippen LogP contribution in [0.25, 0.3) is 0 Å². The molecule has 100 valence electrons. The second-order valence-electron chi connectivity index (χ2n) is 4.18. The average molecular weight is 328 g/mol. The zero-order valence-electron chi connectivity index (χ0n) is 10.2. The summed E-state index contributed by atoms with van der Waals surface area (Å²) in [6, 6.07) is 8.14. The summed E-state index contributed by atoms with van der Waals surface area (Å²) in [4.78, 5) is 0. The predicted molar refractivity (Wildman–Crippen MR) is 73.2 cm³/mol. The lowest BCUT2D eigenvalue weighted by Gasteiger charge is -2.11. The fourth-order valence-corrected chi connectivity index (χ4v) is 2.38. The molecule has 2 nitrogen and oxygen atoms in total. The lowest BCUT2D eigenvalue weighted by molar-refractivity contribution is 0.467. The number of hydrogen-bond acceptors (Lipinski definition) is 2. The fourth-order valence-electron chi connectivity index (χ4n) is 1.66. The van der Waals surface area contributed by atoms with E-state index < -0.39 is 11.6 Å². The van der Waals surface area contributed by atoms with Gasteiger partial charge >= 0.3 is 0 Å². The van der Waals surface area contributed by atoms with Crippen LogP contribution in [0.4, 0.5) is 8.78 Å². The van der Waals surface area contributed by atoms with Gasteiger partial charge < -0.3 is 10.5 Å². The molecular formula is C14H12BrF2NO. The summed E-state index contributed by atoms with van der Waals surface area (Å²) < 4.78 is 32.3. The quantitative estimate of drug-likeness (QED) is 0.898. The van der Waals surface area contributed by atoms with Crippen LogP contribution in [-0.4, -0.2) is 0 Å². The minimum absolute atomic E-state index is 0.109.